The Kier molecular flexibility index (Phi) is 3.43. The summed E-state index contributed by atoms with van der Waals surface area (Å²) in [5, 5.41) is 5.51. The van der Waals surface area contributed by atoms with E-state index in [2.05, 4.69) is 27.6 Å². The third kappa shape index (κ3) is 2.33. The molecule has 1 aliphatic heterocycles. The van der Waals surface area contributed by atoms with Crippen LogP contribution in [0, 0.1) is 6.92 Å². The number of nitrogens with one attached hydrogen (secondary N) is 1. The van der Waals surface area contributed by atoms with E-state index in [1.165, 1.54) is 12.0 Å². The van der Waals surface area contributed by atoms with Gasteiger partial charge in [-0.2, -0.15) is 0 Å². The van der Waals surface area contributed by atoms with Crippen molar-refractivity contribution in [2.75, 3.05) is 13.1 Å². The van der Waals surface area contributed by atoms with Crippen LogP contribution in [0.5, 0.6) is 5.88 Å². The summed E-state index contributed by atoms with van der Waals surface area (Å²) in [5.74, 6) is 0.755. The van der Waals surface area contributed by atoms with E-state index in [-0.39, 0.29) is 6.10 Å². The quantitative estimate of drug-likeness (QED) is 0.904. The van der Waals surface area contributed by atoms with Crippen molar-refractivity contribution in [1.82, 2.24) is 15.3 Å². The Hall–Kier alpha value is -1.20. The Balaban J connectivity index is 1.85. The molecule has 1 fully saturated rings. The van der Waals surface area contributed by atoms with Crippen LogP contribution in [0.4, 0.5) is 0 Å². The highest BCUT2D eigenvalue weighted by Gasteiger charge is 2.16. The zero-order valence-electron chi connectivity index (χ0n) is 10.5. The van der Waals surface area contributed by atoms with Crippen LogP contribution in [-0.4, -0.2) is 29.2 Å². The van der Waals surface area contributed by atoms with Gasteiger partial charge in [-0.3, -0.25) is 0 Å². The standard InChI is InChI=1S/C13H17N3OS/c1-9-7-18-12-11(9)15-8-16-13(12)17-10-3-2-5-14-6-4-10/h7-8,10,14H,2-6H2,1H3. The molecule has 1 unspecified atom stereocenters. The molecule has 1 atom stereocenters. The van der Waals surface area contributed by atoms with Crippen LogP contribution >= 0.6 is 11.3 Å². The molecule has 0 saturated carbocycles. The third-order valence-corrected chi connectivity index (χ3v) is 4.37. The van der Waals surface area contributed by atoms with Crippen molar-refractivity contribution in [3.8, 4) is 5.88 Å². The second-order valence-electron chi connectivity index (χ2n) is 4.70. The highest BCUT2D eigenvalue weighted by molar-refractivity contribution is 7.17. The summed E-state index contributed by atoms with van der Waals surface area (Å²) in [5.41, 5.74) is 2.22. The van der Waals surface area contributed by atoms with Crippen molar-refractivity contribution in [2.45, 2.75) is 32.3 Å². The van der Waals surface area contributed by atoms with E-state index >= 15 is 0 Å². The first-order chi connectivity index (χ1) is 8.84. The molecule has 3 rings (SSSR count). The van der Waals surface area contributed by atoms with Crippen molar-refractivity contribution in [2.24, 2.45) is 0 Å². The lowest BCUT2D eigenvalue weighted by Gasteiger charge is -2.15. The van der Waals surface area contributed by atoms with E-state index < -0.39 is 0 Å². The minimum atomic E-state index is 0.278. The monoisotopic (exact) mass is 263 g/mol. The van der Waals surface area contributed by atoms with Crippen molar-refractivity contribution >= 4 is 21.6 Å². The summed E-state index contributed by atoms with van der Waals surface area (Å²) in [4.78, 5) is 8.62. The number of aromatic nitrogens is 2. The van der Waals surface area contributed by atoms with E-state index in [1.807, 2.05) is 0 Å². The van der Waals surface area contributed by atoms with Crippen molar-refractivity contribution < 1.29 is 4.74 Å². The first-order valence-electron chi connectivity index (χ1n) is 6.41. The molecule has 0 aliphatic carbocycles. The number of hydrogen-bond acceptors (Lipinski definition) is 5. The number of nitrogens with zero attached hydrogens (tertiary/aromatic N) is 2. The molecule has 1 saturated heterocycles. The minimum absolute atomic E-state index is 0.278. The maximum absolute atomic E-state index is 6.08. The van der Waals surface area contributed by atoms with Gasteiger partial charge in [-0.05, 0) is 50.2 Å². The van der Waals surface area contributed by atoms with E-state index in [9.17, 15) is 0 Å². The van der Waals surface area contributed by atoms with Gasteiger partial charge in [0.1, 0.15) is 17.1 Å². The molecule has 18 heavy (non-hydrogen) atoms. The number of fused-ring (bicyclic) bond motifs is 1. The van der Waals surface area contributed by atoms with Crippen molar-refractivity contribution in [3.63, 3.8) is 0 Å². The predicted octanol–water partition coefficient (Wildman–Crippen LogP) is 2.52. The molecular formula is C13H17N3OS. The van der Waals surface area contributed by atoms with Crippen molar-refractivity contribution in [1.29, 1.82) is 0 Å². The van der Waals surface area contributed by atoms with E-state index in [0.29, 0.717) is 0 Å². The summed E-state index contributed by atoms with van der Waals surface area (Å²) in [6, 6.07) is 0. The van der Waals surface area contributed by atoms with Crippen LogP contribution in [0.15, 0.2) is 11.7 Å². The van der Waals surface area contributed by atoms with Gasteiger partial charge in [0.25, 0.3) is 0 Å². The molecule has 0 spiro atoms. The SMILES string of the molecule is Cc1csc2c(OC3CCCNCC3)ncnc12. The van der Waals surface area contributed by atoms with Gasteiger partial charge in [0.05, 0.1) is 5.52 Å². The average Bonchev–Trinajstić information content (AvgIpc) is 2.62. The van der Waals surface area contributed by atoms with Gasteiger partial charge in [-0.1, -0.05) is 0 Å². The lowest BCUT2D eigenvalue weighted by atomic mass is 10.1. The molecule has 4 nitrogen and oxygen atoms in total. The van der Waals surface area contributed by atoms with Crippen molar-refractivity contribution in [3.05, 3.63) is 17.3 Å². The first kappa shape index (κ1) is 11.9. The molecule has 2 aromatic rings. The Morgan fingerprint density at radius 2 is 2.28 bits per heavy atom. The lowest BCUT2D eigenvalue weighted by Crippen LogP contribution is -2.19. The van der Waals surface area contributed by atoms with Crippen LogP contribution in [0.1, 0.15) is 24.8 Å². The maximum Gasteiger partial charge on any atom is 0.235 e. The minimum Gasteiger partial charge on any atom is -0.473 e. The molecule has 96 valence electrons. The maximum atomic E-state index is 6.08. The van der Waals surface area contributed by atoms with Crippen LogP contribution in [0.25, 0.3) is 10.2 Å². The highest BCUT2D eigenvalue weighted by atomic mass is 32.1. The van der Waals surface area contributed by atoms with Gasteiger partial charge in [-0.25, -0.2) is 9.97 Å². The molecule has 0 radical (unpaired) electrons. The third-order valence-electron chi connectivity index (χ3n) is 3.30. The largest absolute Gasteiger partial charge is 0.473 e. The smallest absolute Gasteiger partial charge is 0.235 e. The molecule has 1 N–H and O–H groups in total. The Morgan fingerprint density at radius 1 is 1.33 bits per heavy atom. The normalized spacial score (nSPS) is 20.8. The fraction of sp³-hybridized carbons (Fsp3) is 0.538. The fourth-order valence-corrected chi connectivity index (χ4v) is 3.23. The number of ether oxygens (including phenoxy) is 1. The number of rotatable bonds is 2. The molecule has 0 amide bonds. The van der Waals surface area contributed by atoms with Gasteiger partial charge >= 0.3 is 0 Å². The fourth-order valence-electron chi connectivity index (χ4n) is 2.29. The zero-order chi connectivity index (χ0) is 12.4. The van der Waals surface area contributed by atoms with Gasteiger partial charge in [0.15, 0.2) is 0 Å². The van der Waals surface area contributed by atoms with Gasteiger partial charge < -0.3 is 10.1 Å². The second kappa shape index (κ2) is 5.20. The summed E-state index contributed by atoms with van der Waals surface area (Å²) in [6.45, 7) is 4.20. The average molecular weight is 263 g/mol. The van der Waals surface area contributed by atoms with Crippen LogP contribution in [0.3, 0.4) is 0 Å². The van der Waals surface area contributed by atoms with Gasteiger partial charge in [0.2, 0.25) is 5.88 Å². The van der Waals surface area contributed by atoms with E-state index in [1.54, 1.807) is 17.7 Å². The molecule has 0 aromatic carbocycles. The lowest BCUT2D eigenvalue weighted by molar-refractivity contribution is 0.182. The van der Waals surface area contributed by atoms with Crippen LogP contribution in [-0.2, 0) is 0 Å². The molecule has 3 heterocycles. The number of hydrogen-bond donors (Lipinski definition) is 1. The van der Waals surface area contributed by atoms with E-state index in [4.69, 9.17) is 4.74 Å². The molecule has 5 heteroatoms. The first-order valence-corrected chi connectivity index (χ1v) is 7.29. The van der Waals surface area contributed by atoms with Crippen LogP contribution in [0.2, 0.25) is 0 Å². The molecule has 0 bridgehead atoms. The topological polar surface area (TPSA) is 47.0 Å². The highest BCUT2D eigenvalue weighted by Crippen LogP contribution is 2.31. The number of aryl methyl sites for hydroxylation is 1. The molecule has 2 aromatic heterocycles. The Morgan fingerprint density at radius 3 is 3.22 bits per heavy atom. The predicted molar refractivity (Wildman–Crippen MR) is 73.3 cm³/mol. The molecular weight excluding hydrogens is 246 g/mol. The van der Waals surface area contributed by atoms with Gasteiger partial charge in [-0.15, -0.1) is 11.3 Å². The Labute approximate surface area is 110 Å². The number of thiophene rings is 1. The second-order valence-corrected chi connectivity index (χ2v) is 5.58. The van der Waals surface area contributed by atoms with E-state index in [0.717, 1.165) is 42.0 Å². The van der Waals surface area contributed by atoms with Crippen LogP contribution < -0.4 is 10.1 Å². The summed E-state index contributed by atoms with van der Waals surface area (Å²) in [7, 11) is 0. The summed E-state index contributed by atoms with van der Waals surface area (Å²) >= 11 is 1.67. The van der Waals surface area contributed by atoms with Gasteiger partial charge in [0, 0.05) is 0 Å². The molecule has 1 aliphatic rings. The summed E-state index contributed by atoms with van der Waals surface area (Å²) in [6.07, 6.45) is 5.20. The summed E-state index contributed by atoms with van der Waals surface area (Å²) < 4.78 is 7.16. The zero-order valence-corrected chi connectivity index (χ0v) is 11.3. The Bertz CT molecular complexity index is 532.